The molecule has 0 saturated heterocycles. The average Bonchev–Trinajstić information content (AvgIpc) is 3.04. The highest BCUT2D eigenvalue weighted by Gasteiger charge is 2.14. The third-order valence-electron chi connectivity index (χ3n) is 4.19. The minimum atomic E-state index is -0.320. The monoisotopic (exact) mass is 353 g/mol. The first kappa shape index (κ1) is 17.7. The fourth-order valence-electron chi connectivity index (χ4n) is 2.67. The van der Waals surface area contributed by atoms with E-state index in [0.29, 0.717) is 5.69 Å². The van der Waals surface area contributed by atoms with E-state index in [4.69, 9.17) is 4.74 Å². The van der Waals surface area contributed by atoms with E-state index in [1.165, 1.54) is 12.1 Å². The Hall–Kier alpha value is -3.15. The summed E-state index contributed by atoms with van der Waals surface area (Å²) < 4.78 is 20.2. The predicted molar refractivity (Wildman–Crippen MR) is 97.2 cm³/mol. The minimum absolute atomic E-state index is 0.247. The molecule has 6 heteroatoms. The van der Waals surface area contributed by atoms with Crippen LogP contribution < -0.4 is 10.1 Å². The van der Waals surface area contributed by atoms with Gasteiger partial charge in [0.2, 0.25) is 0 Å². The van der Waals surface area contributed by atoms with Crippen LogP contribution in [0.3, 0.4) is 0 Å². The van der Waals surface area contributed by atoms with Crippen LogP contribution in [-0.4, -0.2) is 22.8 Å². The molecule has 0 unspecified atom stereocenters. The zero-order valence-electron chi connectivity index (χ0n) is 14.9. The highest BCUT2D eigenvalue weighted by Crippen LogP contribution is 2.17. The van der Waals surface area contributed by atoms with Gasteiger partial charge >= 0.3 is 0 Å². The Morgan fingerprint density at radius 1 is 1.15 bits per heavy atom. The maximum atomic E-state index is 13.4. The van der Waals surface area contributed by atoms with E-state index in [1.54, 1.807) is 23.9 Å². The van der Waals surface area contributed by atoms with E-state index in [9.17, 15) is 9.18 Å². The van der Waals surface area contributed by atoms with Crippen molar-refractivity contribution in [2.45, 2.75) is 20.4 Å². The van der Waals surface area contributed by atoms with Gasteiger partial charge in [0.1, 0.15) is 11.6 Å². The molecule has 2 aromatic carbocycles. The van der Waals surface area contributed by atoms with Gasteiger partial charge in [0.05, 0.1) is 12.8 Å². The molecular formula is C20H20FN3O2. The molecule has 26 heavy (non-hydrogen) atoms. The minimum Gasteiger partial charge on any atom is -0.497 e. The number of amides is 1. The van der Waals surface area contributed by atoms with Gasteiger partial charge in [-0.3, -0.25) is 4.79 Å². The number of rotatable bonds is 5. The summed E-state index contributed by atoms with van der Waals surface area (Å²) in [5.41, 5.74) is 3.65. The molecule has 0 atom stereocenters. The van der Waals surface area contributed by atoms with Gasteiger partial charge < -0.3 is 10.1 Å². The van der Waals surface area contributed by atoms with Gasteiger partial charge in [-0.25, -0.2) is 9.07 Å². The molecule has 0 aliphatic carbocycles. The van der Waals surface area contributed by atoms with Gasteiger partial charge in [-0.05, 0) is 67.4 Å². The lowest BCUT2D eigenvalue weighted by Crippen LogP contribution is -2.24. The first-order valence-electron chi connectivity index (χ1n) is 8.22. The van der Waals surface area contributed by atoms with Gasteiger partial charge in [0.25, 0.3) is 5.91 Å². The first-order chi connectivity index (χ1) is 12.5. The van der Waals surface area contributed by atoms with E-state index in [-0.39, 0.29) is 18.3 Å². The van der Waals surface area contributed by atoms with E-state index in [2.05, 4.69) is 10.4 Å². The third-order valence-corrected chi connectivity index (χ3v) is 4.19. The molecule has 1 heterocycles. The SMILES string of the molecule is COc1ccc(-n2nc(C(=O)NCc3cc(F)ccc3C)cc2C)cc1. The maximum Gasteiger partial charge on any atom is 0.272 e. The fraction of sp³-hybridized carbons (Fsp3) is 0.200. The van der Waals surface area contributed by atoms with Crippen LogP contribution >= 0.6 is 0 Å². The highest BCUT2D eigenvalue weighted by atomic mass is 19.1. The first-order valence-corrected chi connectivity index (χ1v) is 8.22. The summed E-state index contributed by atoms with van der Waals surface area (Å²) in [6.45, 7) is 4.01. The number of ether oxygens (including phenoxy) is 1. The normalized spacial score (nSPS) is 10.6. The summed E-state index contributed by atoms with van der Waals surface area (Å²) >= 11 is 0. The van der Waals surface area contributed by atoms with Crippen molar-refractivity contribution in [3.63, 3.8) is 0 Å². The second kappa shape index (κ2) is 7.39. The predicted octanol–water partition coefficient (Wildman–Crippen LogP) is 3.57. The summed E-state index contributed by atoms with van der Waals surface area (Å²) in [5.74, 6) is 0.130. The number of halogens is 1. The summed E-state index contributed by atoms with van der Waals surface area (Å²) in [6, 6.07) is 13.7. The zero-order valence-corrected chi connectivity index (χ0v) is 14.9. The molecule has 0 spiro atoms. The zero-order chi connectivity index (χ0) is 18.7. The second-order valence-corrected chi connectivity index (χ2v) is 6.03. The number of aryl methyl sites for hydroxylation is 2. The van der Waals surface area contributed by atoms with E-state index in [1.807, 2.05) is 38.1 Å². The molecule has 3 aromatic rings. The van der Waals surface area contributed by atoms with Crippen LogP contribution in [0.15, 0.2) is 48.5 Å². The van der Waals surface area contributed by atoms with Crippen LogP contribution in [0.2, 0.25) is 0 Å². The molecule has 1 N–H and O–H groups in total. The fourth-order valence-corrected chi connectivity index (χ4v) is 2.67. The molecule has 0 fully saturated rings. The number of carbonyl (C=O) groups excluding carboxylic acids is 1. The van der Waals surface area contributed by atoms with E-state index < -0.39 is 0 Å². The molecular weight excluding hydrogens is 333 g/mol. The number of nitrogens with zero attached hydrogens (tertiary/aromatic N) is 2. The molecule has 1 amide bonds. The van der Waals surface area contributed by atoms with Crippen LogP contribution in [-0.2, 0) is 6.54 Å². The van der Waals surface area contributed by atoms with Crippen LogP contribution in [0.25, 0.3) is 5.69 Å². The molecule has 134 valence electrons. The Morgan fingerprint density at radius 3 is 2.58 bits per heavy atom. The maximum absolute atomic E-state index is 13.4. The number of nitrogens with one attached hydrogen (secondary N) is 1. The molecule has 1 aromatic heterocycles. The molecule has 3 rings (SSSR count). The van der Waals surface area contributed by atoms with Crippen molar-refractivity contribution in [2.75, 3.05) is 7.11 Å². The molecule has 0 bridgehead atoms. The van der Waals surface area contributed by atoms with Crippen molar-refractivity contribution in [1.29, 1.82) is 0 Å². The van der Waals surface area contributed by atoms with Crippen LogP contribution in [0, 0.1) is 19.7 Å². The lowest BCUT2D eigenvalue weighted by atomic mass is 10.1. The lowest BCUT2D eigenvalue weighted by Gasteiger charge is -2.07. The number of methoxy groups -OCH3 is 1. The number of hydrogen-bond acceptors (Lipinski definition) is 3. The lowest BCUT2D eigenvalue weighted by molar-refractivity contribution is 0.0945. The Labute approximate surface area is 151 Å². The summed E-state index contributed by atoms with van der Waals surface area (Å²) in [6.07, 6.45) is 0. The van der Waals surface area contributed by atoms with Gasteiger partial charge in [0.15, 0.2) is 5.69 Å². The largest absolute Gasteiger partial charge is 0.497 e. The van der Waals surface area contributed by atoms with Crippen molar-refractivity contribution in [3.8, 4) is 11.4 Å². The van der Waals surface area contributed by atoms with Gasteiger partial charge in [0, 0.05) is 12.2 Å². The van der Waals surface area contributed by atoms with Crippen LogP contribution in [0.1, 0.15) is 27.3 Å². The van der Waals surface area contributed by atoms with Crippen molar-refractivity contribution in [3.05, 3.63) is 76.9 Å². The Morgan fingerprint density at radius 2 is 1.88 bits per heavy atom. The quantitative estimate of drug-likeness (QED) is 0.763. The number of carbonyl (C=O) groups is 1. The van der Waals surface area contributed by atoms with E-state index >= 15 is 0 Å². The Balaban J connectivity index is 1.75. The van der Waals surface area contributed by atoms with Crippen molar-refractivity contribution in [1.82, 2.24) is 15.1 Å². The van der Waals surface area contributed by atoms with Gasteiger partial charge in [-0.15, -0.1) is 0 Å². The second-order valence-electron chi connectivity index (χ2n) is 6.03. The van der Waals surface area contributed by atoms with Gasteiger partial charge in [-0.1, -0.05) is 6.07 Å². The molecule has 5 nitrogen and oxygen atoms in total. The van der Waals surface area contributed by atoms with E-state index in [0.717, 1.165) is 28.3 Å². The standard InChI is InChI=1S/C20H20FN3O2/c1-13-4-5-16(21)11-15(13)12-22-20(25)19-10-14(2)24(23-19)17-6-8-18(26-3)9-7-17/h4-11H,12H2,1-3H3,(H,22,25). The Kier molecular flexibility index (Phi) is 5.02. The van der Waals surface area contributed by atoms with Crippen LogP contribution in [0.4, 0.5) is 4.39 Å². The summed E-state index contributed by atoms with van der Waals surface area (Å²) in [7, 11) is 1.61. The topological polar surface area (TPSA) is 56.2 Å². The molecule has 0 aliphatic rings. The third kappa shape index (κ3) is 3.74. The molecule has 0 saturated carbocycles. The van der Waals surface area contributed by atoms with Crippen molar-refractivity contribution >= 4 is 5.91 Å². The molecule has 0 aliphatic heterocycles. The number of aromatic nitrogens is 2. The van der Waals surface area contributed by atoms with Crippen LogP contribution in [0.5, 0.6) is 5.75 Å². The highest BCUT2D eigenvalue weighted by molar-refractivity contribution is 5.92. The summed E-state index contributed by atoms with van der Waals surface area (Å²) in [5, 5.41) is 7.17. The molecule has 0 radical (unpaired) electrons. The van der Waals surface area contributed by atoms with Crippen molar-refractivity contribution < 1.29 is 13.9 Å². The average molecular weight is 353 g/mol. The van der Waals surface area contributed by atoms with Crippen molar-refractivity contribution in [2.24, 2.45) is 0 Å². The van der Waals surface area contributed by atoms with Gasteiger partial charge in [-0.2, -0.15) is 5.10 Å². The Bertz CT molecular complexity index is 933. The summed E-state index contributed by atoms with van der Waals surface area (Å²) in [4.78, 5) is 12.4. The number of hydrogen-bond donors (Lipinski definition) is 1. The smallest absolute Gasteiger partial charge is 0.272 e. The number of benzene rings is 2.